The zero-order valence-corrected chi connectivity index (χ0v) is 72.8. The van der Waals surface area contributed by atoms with Crippen molar-refractivity contribution in [3.05, 3.63) is 0 Å². The molecule has 1 fully saturated rings. The second-order valence-corrected chi connectivity index (χ2v) is 34.2. The molecule has 1 aliphatic rings. The maximum absolute atomic E-state index is 15.3. The van der Waals surface area contributed by atoms with Crippen molar-refractivity contribution >= 4 is 101 Å². The summed E-state index contributed by atoms with van der Waals surface area (Å²) in [5.41, 5.74) is -5.00. The van der Waals surface area contributed by atoms with Gasteiger partial charge in [0.2, 0.25) is 65.0 Å². The van der Waals surface area contributed by atoms with E-state index >= 15 is 14.4 Å². The first kappa shape index (κ1) is 106. The van der Waals surface area contributed by atoms with Gasteiger partial charge in [0.1, 0.15) is 88.4 Å². The van der Waals surface area contributed by atoms with Gasteiger partial charge in [-0.05, 0) is 188 Å². The van der Waals surface area contributed by atoms with Gasteiger partial charge in [-0.15, -0.1) is 0 Å². The van der Waals surface area contributed by atoms with Crippen LogP contribution < -0.4 is 85.1 Å². The fraction of sp³-hybridized carbons (Fsp3) is 0.779. The molecule has 0 aromatic heterocycles. The molecular weight excluding hydrogens is 1550 g/mol. The Morgan fingerprint density at radius 3 is 1.15 bits per heavy atom. The second kappa shape index (κ2) is 50.6. The van der Waals surface area contributed by atoms with E-state index in [1.807, 2.05) is 6.92 Å². The Morgan fingerprint density at radius 1 is 0.415 bits per heavy atom. The average molecular weight is 1690 g/mol. The molecule has 0 saturated carbocycles. The zero-order valence-electron chi connectivity index (χ0n) is 72.8. The largest absolute Gasteiger partial charge is 0.463 e. The van der Waals surface area contributed by atoms with Crippen LogP contribution in [0, 0.1) is 5.92 Å². The van der Waals surface area contributed by atoms with E-state index in [2.05, 4.69) is 85.1 Å². The predicted octanol–water partition coefficient (Wildman–Crippen LogP) is 1.05. The van der Waals surface area contributed by atoms with E-state index in [0.717, 1.165) is 13.8 Å². The topological polar surface area (TPSA) is 579 Å². The molecule has 41 nitrogen and oxygen atoms in total. The van der Waals surface area contributed by atoms with Crippen LogP contribution in [0.5, 0.6) is 0 Å². The molecule has 0 radical (unpaired) electrons. The average Bonchev–Trinajstić information content (AvgIpc) is 0.908. The first-order valence-corrected chi connectivity index (χ1v) is 40.1. The number of aliphatic hydroxyl groups excluding tert-OH is 2. The van der Waals surface area contributed by atoms with Crippen LogP contribution in [0.25, 0.3) is 0 Å². The highest BCUT2D eigenvalue weighted by Gasteiger charge is 2.39. The molecule has 674 valence electrons. The number of alkyl carbamates (subject to hydrolysis) is 5. The molecule has 41 heteroatoms. The van der Waals surface area contributed by atoms with Gasteiger partial charge in [-0.1, -0.05) is 40.5 Å². The van der Waals surface area contributed by atoms with E-state index in [0.29, 0.717) is 12.8 Å². The molecule has 118 heavy (non-hydrogen) atoms. The zero-order chi connectivity index (χ0) is 90.4. The van der Waals surface area contributed by atoms with Gasteiger partial charge in [-0.3, -0.25) is 57.5 Å². The van der Waals surface area contributed by atoms with Gasteiger partial charge in [-0.2, -0.15) is 0 Å². The van der Waals surface area contributed by atoms with Crippen molar-refractivity contribution in [2.75, 3.05) is 39.3 Å². The molecule has 1 rings (SSSR count). The van der Waals surface area contributed by atoms with Gasteiger partial charge in [0.05, 0.1) is 24.7 Å². The smallest absolute Gasteiger partial charge is 0.407 e. The molecule has 0 bridgehead atoms. The van der Waals surface area contributed by atoms with Crippen LogP contribution in [0.1, 0.15) is 236 Å². The van der Waals surface area contributed by atoms with E-state index in [1.54, 1.807) is 132 Å². The van der Waals surface area contributed by atoms with Crippen LogP contribution in [0.3, 0.4) is 0 Å². The van der Waals surface area contributed by atoms with E-state index < -0.39 is 285 Å². The fourth-order valence-corrected chi connectivity index (χ4v) is 10.9. The molecule has 0 aliphatic carbocycles. The Kier molecular flexibility index (Phi) is 45.4. The van der Waals surface area contributed by atoms with E-state index in [-0.39, 0.29) is 38.8 Å². The van der Waals surface area contributed by atoms with Crippen molar-refractivity contribution in [1.29, 1.82) is 0 Å². The molecule has 0 aromatic rings. The van der Waals surface area contributed by atoms with Gasteiger partial charge in [-0.25, -0.2) is 24.0 Å². The monoisotopic (exact) mass is 1680 g/mol. The van der Waals surface area contributed by atoms with E-state index in [1.165, 1.54) is 0 Å². The van der Waals surface area contributed by atoms with E-state index in [9.17, 15) is 77.3 Å². The van der Waals surface area contributed by atoms with Crippen molar-refractivity contribution < 1.29 is 120 Å². The van der Waals surface area contributed by atoms with Crippen LogP contribution in [-0.2, 0) is 86.0 Å². The molecular formula is C77H136N16O25. The standard InChI is InChI=1S/C77H136N16O25/c1-23-25-43(5)113-55(97)28-27-54(96)84-47(30-36-79-68(108)114-73(8,9)10)63(103)93-57(45(7)95)67(107)90-51(33-39-82-71(111)117-76(17,18)19)61(101)87-48-29-35-78-66(106)56(44(6)94)92-64(104)52(34-40-83-72(112)118-77(20,21)22)89-60(100)49(31-37-80-69(109)115-74(11,12)13)86-58(98)46(26-24-2)85-65(105)53(41-42(3)4)91-62(102)50(88-59(48)99)32-38-81-70(110)116-75(14,15)16/h42-53,56-57,94-95H,23-41H2,1-22H3,(H,78,106)(H,79,108)(H,80,109)(H,81,110)(H,82,111)(H,83,112)(H,84,96)(H,85,105)(H,86,98)(H,87,101)(H,88,99)(H,89,100)(H,90,107)(H,91,102)(H,92,104)(H,93,103)/t43?,44?,45?,46-,47-,48-,49-,50-,51-,52-,53+,56-,57-/m0/s1. The maximum Gasteiger partial charge on any atom is 0.407 e. The summed E-state index contributed by atoms with van der Waals surface area (Å²) in [6.07, 6.45) is -11.4. The third-order valence-electron chi connectivity index (χ3n) is 16.3. The summed E-state index contributed by atoms with van der Waals surface area (Å²) >= 11 is 0. The number of ether oxygens (including phenoxy) is 6. The molecule has 0 aromatic carbocycles. The highest BCUT2D eigenvalue weighted by Crippen LogP contribution is 2.16. The van der Waals surface area contributed by atoms with Crippen molar-refractivity contribution in [2.45, 2.75) is 343 Å². The lowest BCUT2D eigenvalue weighted by atomic mass is 10.0. The number of nitrogens with one attached hydrogen (secondary N) is 16. The fourth-order valence-electron chi connectivity index (χ4n) is 10.9. The number of rotatable bonds is 34. The molecule has 18 N–H and O–H groups in total. The Morgan fingerprint density at radius 2 is 0.780 bits per heavy atom. The van der Waals surface area contributed by atoms with Crippen LogP contribution >= 0.6 is 0 Å². The van der Waals surface area contributed by atoms with E-state index in [4.69, 9.17) is 28.4 Å². The third-order valence-corrected chi connectivity index (χ3v) is 16.3. The quantitative estimate of drug-likeness (QED) is 0.0316. The Bertz CT molecular complexity index is 3360. The van der Waals surface area contributed by atoms with Gasteiger partial charge < -0.3 is 124 Å². The minimum absolute atomic E-state index is 0.0971. The minimum Gasteiger partial charge on any atom is -0.463 e. The minimum atomic E-state index is -2.01. The number of carbonyl (C=O) groups excluding carboxylic acids is 17. The lowest BCUT2D eigenvalue weighted by molar-refractivity contribution is -0.149. The van der Waals surface area contributed by atoms with Gasteiger partial charge >= 0.3 is 36.4 Å². The highest BCUT2D eigenvalue weighted by molar-refractivity contribution is 5.99. The number of esters is 1. The Balaban J connectivity index is 4.46. The third kappa shape index (κ3) is 46.7. The summed E-state index contributed by atoms with van der Waals surface area (Å²) in [6, 6.07) is -17.6. The Hall–Kier alpha value is -10.1. The normalized spacial score (nSPS) is 20.1. The summed E-state index contributed by atoms with van der Waals surface area (Å²) in [7, 11) is 0. The summed E-state index contributed by atoms with van der Waals surface area (Å²) in [6.45, 7) is 31.9. The van der Waals surface area contributed by atoms with Crippen molar-refractivity contribution in [1.82, 2.24) is 85.1 Å². The van der Waals surface area contributed by atoms with Crippen molar-refractivity contribution in [3.8, 4) is 0 Å². The van der Waals surface area contributed by atoms with Gasteiger partial charge in [0.15, 0.2) is 0 Å². The molecule has 16 amide bonds. The first-order chi connectivity index (χ1) is 54.4. The second-order valence-electron chi connectivity index (χ2n) is 34.2. The van der Waals surface area contributed by atoms with Crippen LogP contribution in [0.2, 0.25) is 0 Å². The molecule has 1 heterocycles. The van der Waals surface area contributed by atoms with Crippen LogP contribution in [0.15, 0.2) is 0 Å². The van der Waals surface area contributed by atoms with Crippen LogP contribution in [-0.4, -0.2) is 258 Å². The maximum atomic E-state index is 15.3. The lowest BCUT2D eigenvalue weighted by Crippen LogP contribution is -2.62. The lowest BCUT2D eigenvalue weighted by Gasteiger charge is -2.29. The summed E-state index contributed by atoms with van der Waals surface area (Å²) in [5, 5.41) is 62.4. The van der Waals surface area contributed by atoms with Crippen molar-refractivity contribution in [3.63, 3.8) is 0 Å². The number of amides is 16. The number of aliphatic hydroxyl groups is 2. The Labute approximate surface area is 691 Å². The summed E-state index contributed by atoms with van der Waals surface area (Å²) in [5.74, 6) is -13.3. The molecule has 1 saturated heterocycles. The molecule has 0 spiro atoms. The summed E-state index contributed by atoms with van der Waals surface area (Å²) in [4.78, 5) is 239. The molecule has 1 aliphatic heterocycles. The van der Waals surface area contributed by atoms with Crippen molar-refractivity contribution in [2.24, 2.45) is 5.92 Å². The van der Waals surface area contributed by atoms with Gasteiger partial charge in [0.25, 0.3) is 0 Å². The highest BCUT2D eigenvalue weighted by atomic mass is 16.6. The first-order valence-electron chi connectivity index (χ1n) is 40.1. The molecule has 13 atom stereocenters. The number of carbonyl (C=O) groups is 17. The van der Waals surface area contributed by atoms with Gasteiger partial charge in [0, 0.05) is 45.7 Å². The molecule has 3 unspecified atom stereocenters. The summed E-state index contributed by atoms with van der Waals surface area (Å²) < 4.78 is 32.2. The SMILES string of the molecule is CCCC(C)OC(=O)CCC(=O)N[C@@H](CCNC(=O)OC(C)(C)C)C(=O)N[C@H](C(=O)N[C@@H](CCNC(=O)OC(C)(C)C)C(=O)N[C@H]1CCNC(=O)[C@H](C(C)O)NC(=O)[C@H](CCNC(=O)OC(C)(C)C)NC(=O)[C@H](CCNC(=O)OC(C)(C)C)NC(=O)[C@H](CCC)NC(=O)[C@@H](CC(C)C)NC(=O)[C@H](CCNC(=O)OC(C)(C)C)NC1=O)C(C)O. The predicted molar refractivity (Wildman–Crippen MR) is 429 cm³/mol. The van der Waals surface area contributed by atoms with Crippen LogP contribution in [0.4, 0.5) is 24.0 Å². The number of hydrogen-bond donors (Lipinski definition) is 18. The number of hydrogen-bond acceptors (Lipinski definition) is 25.